The SMILES string of the molecule is Cc1ccc(C2=Nc3ccccc3C(c3ccccc3)O2)cc1. The summed E-state index contributed by atoms with van der Waals surface area (Å²) >= 11 is 0. The molecule has 3 aromatic rings. The van der Waals surface area contributed by atoms with Crippen molar-refractivity contribution in [1.82, 2.24) is 0 Å². The molecule has 2 nitrogen and oxygen atoms in total. The molecule has 2 heteroatoms. The molecule has 23 heavy (non-hydrogen) atoms. The van der Waals surface area contributed by atoms with Crippen LogP contribution in [0.1, 0.15) is 28.4 Å². The molecule has 112 valence electrons. The molecule has 0 saturated heterocycles. The summed E-state index contributed by atoms with van der Waals surface area (Å²) in [5, 5.41) is 0. The Morgan fingerprint density at radius 2 is 1.48 bits per heavy atom. The molecule has 1 atom stereocenters. The predicted molar refractivity (Wildman–Crippen MR) is 93.2 cm³/mol. The van der Waals surface area contributed by atoms with Crippen LogP contribution in [0.3, 0.4) is 0 Å². The van der Waals surface area contributed by atoms with Crippen LogP contribution in [0.5, 0.6) is 0 Å². The van der Waals surface area contributed by atoms with Gasteiger partial charge in [-0.1, -0.05) is 66.2 Å². The van der Waals surface area contributed by atoms with Crippen LogP contribution in [0.25, 0.3) is 0 Å². The van der Waals surface area contributed by atoms with Gasteiger partial charge in [-0.3, -0.25) is 0 Å². The Labute approximate surface area is 136 Å². The highest BCUT2D eigenvalue weighted by Crippen LogP contribution is 2.37. The van der Waals surface area contributed by atoms with Crippen molar-refractivity contribution in [2.24, 2.45) is 4.99 Å². The van der Waals surface area contributed by atoms with Gasteiger partial charge in [-0.05, 0) is 30.7 Å². The molecule has 0 aliphatic carbocycles. The number of hydrogen-bond acceptors (Lipinski definition) is 2. The predicted octanol–water partition coefficient (Wildman–Crippen LogP) is 5.19. The Kier molecular flexibility index (Phi) is 3.43. The Hall–Kier alpha value is -2.87. The zero-order valence-electron chi connectivity index (χ0n) is 12.9. The molecule has 0 N–H and O–H groups in total. The minimum absolute atomic E-state index is 0.124. The average Bonchev–Trinajstić information content (AvgIpc) is 2.62. The number of para-hydroxylation sites is 1. The largest absolute Gasteiger partial charge is 0.464 e. The van der Waals surface area contributed by atoms with Gasteiger partial charge in [-0.15, -0.1) is 0 Å². The van der Waals surface area contributed by atoms with Gasteiger partial charge in [-0.2, -0.15) is 0 Å². The molecule has 1 heterocycles. The first-order valence-electron chi connectivity index (χ1n) is 7.77. The summed E-state index contributed by atoms with van der Waals surface area (Å²) in [6.45, 7) is 2.08. The normalized spacial score (nSPS) is 16.2. The fourth-order valence-electron chi connectivity index (χ4n) is 2.83. The molecule has 0 aromatic heterocycles. The minimum Gasteiger partial charge on any atom is -0.464 e. The van der Waals surface area contributed by atoms with Crippen molar-refractivity contribution < 1.29 is 4.74 Å². The third kappa shape index (κ3) is 2.64. The molecule has 1 aliphatic rings. The summed E-state index contributed by atoms with van der Waals surface area (Å²) < 4.78 is 6.27. The topological polar surface area (TPSA) is 21.6 Å². The van der Waals surface area contributed by atoms with E-state index in [1.165, 1.54) is 5.56 Å². The van der Waals surface area contributed by atoms with E-state index < -0.39 is 0 Å². The molecule has 0 amide bonds. The van der Waals surface area contributed by atoms with Gasteiger partial charge in [0.05, 0.1) is 5.69 Å². The van der Waals surface area contributed by atoms with Crippen molar-refractivity contribution in [2.45, 2.75) is 13.0 Å². The lowest BCUT2D eigenvalue weighted by Crippen LogP contribution is -2.17. The molecule has 0 bridgehead atoms. The highest BCUT2D eigenvalue weighted by molar-refractivity contribution is 5.97. The molecule has 0 saturated carbocycles. The quantitative estimate of drug-likeness (QED) is 0.638. The van der Waals surface area contributed by atoms with Crippen LogP contribution in [0.15, 0.2) is 83.9 Å². The summed E-state index contributed by atoms with van der Waals surface area (Å²) in [6, 6.07) is 26.8. The molecule has 0 spiro atoms. The fourth-order valence-corrected chi connectivity index (χ4v) is 2.83. The van der Waals surface area contributed by atoms with Crippen molar-refractivity contribution in [3.63, 3.8) is 0 Å². The number of aliphatic imine (C=N–C) groups is 1. The van der Waals surface area contributed by atoms with Crippen molar-refractivity contribution in [1.29, 1.82) is 0 Å². The molecule has 0 fully saturated rings. The first-order valence-corrected chi connectivity index (χ1v) is 7.77. The summed E-state index contributed by atoms with van der Waals surface area (Å²) in [6.07, 6.45) is -0.124. The van der Waals surface area contributed by atoms with Gasteiger partial charge >= 0.3 is 0 Å². The molecular formula is C21H17NO. The number of rotatable bonds is 2. The highest BCUT2D eigenvalue weighted by atomic mass is 16.5. The maximum Gasteiger partial charge on any atom is 0.222 e. The second-order valence-corrected chi connectivity index (χ2v) is 5.75. The van der Waals surface area contributed by atoms with Crippen molar-refractivity contribution in [3.05, 3.63) is 101 Å². The van der Waals surface area contributed by atoms with Gasteiger partial charge in [-0.25, -0.2) is 4.99 Å². The summed E-state index contributed by atoms with van der Waals surface area (Å²) in [5.41, 5.74) is 5.45. The Balaban J connectivity index is 1.82. The van der Waals surface area contributed by atoms with Crippen LogP contribution in [0, 0.1) is 6.92 Å². The number of nitrogens with zero attached hydrogens (tertiary/aromatic N) is 1. The number of hydrogen-bond donors (Lipinski definition) is 0. The Bertz CT molecular complexity index is 851. The van der Waals surface area contributed by atoms with E-state index >= 15 is 0 Å². The lowest BCUT2D eigenvalue weighted by atomic mass is 9.98. The molecule has 4 rings (SSSR count). The van der Waals surface area contributed by atoms with Crippen molar-refractivity contribution >= 4 is 11.6 Å². The van der Waals surface area contributed by atoms with Gasteiger partial charge < -0.3 is 4.74 Å². The van der Waals surface area contributed by atoms with Crippen LogP contribution >= 0.6 is 0 Å². The number of aryl methyl sites for hydroxylation is 1. The van der Waals surface area contributed by atoms with Crippen molar-refractivity contribution in [3.8, 4) is 0 Å². The van der Waals surface area contributed by atoms with Crippen LogP contribution in [0.4, 0.5) is 5.69 Å². The standard InChI is InChI=1S/C21H17NO/c1-15-11-13-17(14-12-15)21-22-19-10-6-5-9-18(19)20(23-21)16-7-3-2-4-8-16/h2-14,20H,1H3. The van der Waals surface area contributed by atoms with E-state index in [0.717, 1.165) is 22.4 Å². The summed E-state index contributed by atoms with van der Waals surface area (Å²) in [4.78, 5) is 4.72. The van der Waals surface area contributed by atoms with E-state index in [4.69, 9.17) is 9.73 Å². The van der Waals surface area contributed by atoms with E-state index in [2.05, 4.69) is 49.4 Å². The number of benzene rings is 3. The zero-order chi connectivity index (χ0) is 15.6. The van der Waals surface area contributed by atoms with E-state index in [0.29, 0.717) is 5.90 Å². The monoisotopic (exact) mass is 299 g/mol. The Morgan fingerprint density at radius 1 is 0.783 bits per heavy atom. The highest BCUT2D eigenvalue weighted by Gasteiger charge is 2.25. The van der Waals surface area contributed by atoms with Crippen LogP contribution < -0.4 is 0 Å². The van der Waals surface area contributed by atoms with Crippen LogP contribution in [-0.2, 0) is 4.74 Å². The third-order valence-electron chi connectivity index (χ3n) is 4.07. The number of ether oxygens (including phenoxy) is 1. The average molecular weight is 299 g/mol. The van der Waals surface area contributed by atoms with Gasteiger partial charge in [0.1, 0.15) is 0 Å². The van der Waals surface area contributed by atoms with Gasteiger partial charge in [0.25, 0.3) is 0 Å². The molecule has 1 unspecified atom stereocenters. The number of fused-ring (bicyclic) bond motifs is 1. The Morgan fingerprint density at radius 3 is 2.26 bits per heavy atom. The van der Waals surface area contributed by atoms with E-state index in [1.807, 2.05) is 36.4 Å². The molecule has 0 radical (unpaired) electrons. The fraction of sp³-hybridized carbons (Fsp3) is 0.0952. The van der Waals surface area contributed by atoms with Gasteiger partial charge in [0.15, 0.2) is 6.10 Å². The van der Waals surface area contributed by atoms with Crippen LogP contribution in [-0.4, -0.2) is 5.90 Å². The van der Waals surface area contributed by atoms with Crippen LogP contribution in [0.2, 0.25) is 0 Å². The van der Waals surface area contributed by atoms with Gasteiger partial charge in [0.2, 0.25) is 5.90 Å². The van der Waals surface area contributed by atoms with E-state index in [1.54, 1.807) is 0 Å². The lowest BCUT2D eigenvalue weighted by Gasteiger charge is -2.26. The summed E-state index contributed by atoms with van der Waals surface area (Å²) in [7, 11) is 0. The first kappa shape index (κ1) is 13.8. The third-order valence-corrected chi connectivity index (χ3v) is 4.07. The van der Waals surface area contributed by atoms with Gasteiger partial charge in [0, 0.05) is 11.1 Å². The maximum atomic E-state index is 6.27. The maximum absolute atomic E-state index is 6.27. The van der Waals surface area contributed by atoms with E-state index in [-0.39, 0.29) is 6.10 Å². The van der Waals surface area contributed by atoms with E-state index in [9.17, 15) is 0 Å². The summed E-state index contributed by atoms with van der Waals surface area (Å²) in [5.74, 6) is 0.678. The second-order valence-electron chi connectivity index (χ2n) is 5.75. The second kappa shape index (κ2) is 5.73. The minimum atomic E-state index is -0.124. The molecular weight excluding hydrogens is 282 g/mol. The molecule has 1 aliphatic heterocycles. The zero-order valence-corrected chi connectivity index (χ0v) is 12.9. The first-order chi connectivity index (χ1) is 11.3. The lowest BCUT2D eigenvalue weighted by molar-refractivity contribution is 0.229. The van der Waals surface area contributed by atoms with Crippen molar-refractivity contribution in [2.75, 3.05) is 0 Å². The molecule has 3 aromatic carbocycles. The smallest absolute Gasteiger partial charge is 0.222 e.